The summed E-state index contributed by atoms with van der Waals surface area (Å²) in [6.45, 7) is 2.76. The van der Waals surface area contributed by atoms with E-state index >= 15 is 0 Å². The molecule has 21 heavy (non-hydrogen) atoms. The fourth-order valence-corrected chi connectivity index (χ4v) is 1.79. The third-order valence-electron chi connectivity index (χ3n) is 3.33. The topological polar surface area (TPSA) is 66.4 Å². The van der Waals surface area contributed by atoms with Crippen LogP contribution >= 0.6 is 0 Å². The molecule has 0 bridgehead atoms. The summed E-state index contributed by atoms with van der Waals surface area (Å²) < 4.78 is 0. The lowest BCUT2D eigenvalue weighted by molar-refractivity contribution is -0.151. The van der Waals surface area contributed by atoms with Crippen LogP contribution in [0.15, 0.2) is 54.6 Å². The Balaban J connectivity index is 2.23. The van der Waals surface area contributed by atoms with Crippen LogP contribution in [0.25, 0.3) is 11.1 Å². The fourth-order valence-electron chi connectivity index (χ4n) is 1.79. The van der Waals surface area contributed by atoms with Crippen LogP contribution < -0.4 is 5.32 Å². The summed E-state index contributed by atoms with van der Waals surface area (Å²) in [5, 5.41) is 11.7. The van der Waals surface area contributed by atoms with Crippen molar-refractivity contribution in [1.82, 2.24) is 0 Å². The molecule has 0 atom stereocenters. The van der Waals surface area contributed by atoms with Gasteiger partial charge < -0.3 is 10.4 Å². The molecule has 1 amide bonds. The second-order valence-electron chi connectivity index (χ2n) is 5.33. The van der Waals surface area contributed by atoms with E-state index in [9.17, 15) is 9.59 Å². The summed E-state index contributed by atoms with van der Waals surface area (Å²) in [5.74, 6) is -1.69. The number of amides is 1. The van der Waals surface area contributed by atoms with Crippen molar-refractivity contribution in [2.75, 3.05) is 5.32 Å². The fraction of sp³-hybridized carbons (Fsp3) is 0.176. The van der Waals surface area contributed by atoms with Crippen LogP contribution in [-0.4, -0.2) is 17.0 Å². The van der Waals surface area contributed by atoms with Crippen molar-refractivity contribution >= 4 is 17.6 Å². The van der Waals surface area contributed by atoms with Crippen molar-refractivity contribution in [3.05, 3.63) is 54.6 Å². The lowest BCUT2D eigenvalue weighted by Crippen LogP contribution is -2.37. The summed E-state index contributed by atoms with van der Waals surface area (Å²) in [5.41, 5.74) is 1.10. The van der Waals surface area contributed by atoms with Gasteiger partial charge in [0.25, 0.3) is 0 Å². The van der Waals surface area contributed by atoms with Crippen molar-refractivity contribution in [3.63, 3.8) is 0 Å². The standard InChI is InChI=1S/C17H17NO3/c1-17(2,16(20)21)15(19)18-14-10-6-9-13(11-14)12-7-4-3-5-8-12/h3-11H,1-2H3,(H,18,19)(H,20,21). The van der Waals surface area contributed by atoms with Gasteiger partial charge in [-0.3, -0.25) is 9.59 Å². The molecule has 4 nitrogen and oxygen atoms in total. The summed E-state index contributed by atoms with van der Waals surface area (Å²) >= 11 is 0. The SMILES string of the molecule is CC(C)(C(=O)O)C(=O)Nc1cccc(-c2ccccc2)c1. The van der Waals surface area contributed by atoms with E-state index in [1.807, 2.05) is 48.5 Å². The third kappa shape index (κ3) is 3.28. The molecular formula is C17H17NO3. The molecule has 0 fully saturated rings. The van der Waals surface area contributed by atoms with Gasteiger partial charge in [-0.2, -0.15) is 0 Å². The van der Waals surface area contributed by atoms with Crippen molar-refractivity contribution in [1.29, 1.82) is 0 Å². The van der Waals surface area contributed by atoms with E-state index in [1.54, 1.807) is 6.07 Å². The highest BCUT2D eigenvalue weighted by atomic mass is 16.4. The van der Waals surface area contributed by atoms with Crippen LogP contribution in [0.4, 0.5) is 5.69 Å². The zero-order valence-corrected chi connectivity index (χ0v) is 12.0. The maximum absolute atomic E-state index is 12.0. The smallest absolute Gasteiger partial charge is 0.318 e. The number of anilines is 1. The van der Waals surface area contributed by atoms with Crippen molar-refractivity contribution in [2.24, 2.45) is 5.41 Å². The van der Waals surface area contributed by atoms with Gasteiger partial charge in [0.2, 0.25) is 5.91 Å². The summed E-state index contributed by atoms with van der Waals surface area (Å²) in [6, 6.07) is 17.1. The molecule has 0 unspecified atom stereocenters. The average Bonchev–Trinajstić information content (AvgIpc) is 2.48. The number of nitrogens with one attached hydrogen (secondary N) is 1. The zero-order valence-electron chi connectivity index (χ0n) is 12.0. The number of benzene rings is 2. The highest BCUT2D eigenvalue weighted by molar-refractivity contribution is 6.07. The number of carbonyl (C=O) groups excluding carboxylic acids is 1. The number of rotatable bonds is 4. The maximum atomic E-state index is 12.0. The Morgan fingerprint density at radius 1 is 0.952 bits per heavy atom. The monoisotopic (exact) mass is 283 g/mol. The van der Waals surface area contributed by atoms with Gasteiger partial charge in [0, 0.05) is 5.69 Å². The summed E-state index contributed by atoms with van der Waals surface area (Å²) in [7, 11) is 0. The van der Waals surface area contributed by atoms with E-state index in [1.165, 1.54) is 13.8 Å². The Bertz CT molecular complexity index is 663. The molecule has 0 aliphatic heterocycles. The lowest BCUT2D eigenvalue weighted by atomic mass is 9.92. The van der Waals surface area contributed by atoms with E-state index in [-0.39, 0.29) is 0 Å². The van der Waals surface area contributed by atoms with E-state index in [2.05, 4.69) is 5.32 Å². The first-order valence-electron chi connectivity index (χ1n) is 6.61. The van der Waals surface area contributed by atoms with Gasteiger partial charge in [-0.05, 0) is 37.1 Å². The predicted molar refractivity (Wildman–Crippen MR) is 81.9 cm³/mol. The Morgan fingerprint density at radius 3 is 2.19 bits per heavy atom. The Labute approximate surface area is 123 Å². The van der Waals surface area contributed by atoms with Gasteiger partial charge in [0.15, 0.2) is 0 Å². The molecule has 0 heterocycles. The van der Waals surface area contributed by atoms with Crippen LogP contribution in [0.2, 0.25) is 0 Å². The molecule has 0 radical (unpaired) electrons. The van der Waals surface area contributed by atoms with Gasteiger partial charge >= 0.3 is 5.97 Å². The third-order valence-corrected chi connectivity index (χ3v) is 3.33. The number of carboxylic acid groups (broad SMARTS) is 1. The predicted octanol–water partition coefficient (Wildman–Crippen LogP) is 3.40. The first kappa shape index (κ1) is 14.8. The molecule has 0 saturated carbocycles. The van der Waals surface area contributed by atoms with Crippen molar-refractivity contribution < 1.29 is 14.7 Å². The van der Waals surface area contributed by atoms with Gasteiger partial charge in [-0.1, -0.05) is 42.5 Å². The molecule has 4 heteroatoms. The Hall–Kier alpha value is -2.62. The van der Waals surface area contributed by atoms with Crippen LogP contribution in [-0.2, 0) is 9.59 Å². The van der Waals surface area contributed by atoms with Crippen molar-refractivity contribution in [2.45, 2.75) is 13.8 Å². The van der Waals surface area contributed by atoms with Gasteiger partial charge in [0.05, 0.1) is 0 Å². The molecule has 0 spiro atoms. The molecular weight excluding hydrogens is 266 g/mol. The van der Waals surface area contributed by atoms with E-state index in [0.717, 1.165) is 11.1 Å². The van der Waals surface area contributed by atoms with E-state index < -0.39 is 17.3 Å². The summed E-state index contributed by atoms with van der Waals surface area (Å²) in [6.07, 6.45) is 0. The number of aliphatic carboxylic acids is 1. The highest BCUT2D eigenvalue weighted by Gasteiger charge is 2.35. The Morgan fingerprint density at radius 2 is 1.57 bits per heavy atom. The van der Waals surface area contributed by atoms with Gasteiger partial charge in [0.1, 0.15) is 5.41 Å². The van der Waals surface area contributed by atoms with Crippen LogP contribution in [0.1, 0.15) is 13.8 Å². The number of carboxylic acids is 1. The number of hydrogen-bond acceptors (Lipinski definition) is 2. The highest BCUT2D eigenvalue weighted by Crippen LogP contribution is 2.24. The largest absolute Gasteiger partial charge is 0.480 e. The molecule has 2 aromatic carbocycles. The molecule has 108 valence electrons. The second-order valence-corrected chi connectivity index (χ2v) is 5.33. The van der Waals surface area contributed by atoms with Gasteiger partial charge in [-0.15, -0.1) is 0 Å². The first-order chi connectivity index (χ1) is 9.91. The minimum absolute atomic E-state index is 0.541. The maximum Gasteiger partial charge on any atom is 0.318 e. The normalized spacial score (nSPS) is 11.0. The molecule has 2 N–H and O–H groups in total. The summed E-state index contributed by atoms with van der Waals surface area (Å²) in [4.78, 5) is 23.1. The average molecular weight is 283 g/mol. The minimum atomic E-state index is -1.47. The molecule has 0 aliphatic rings. The molecule has 0 aromatic heterocycles. The van der Waals surface area contributed by atoms with Crippen LogP contribution in [0.3, 0.4) is 0 Å². The molecule has 2 rings (SSSR count). The minimum Gasteiger partial charge on any atom is -0.480 e. The van der Waals surface area contributed by atoms with Crippen molar-refractivity contribution in [3.8, 4) is 11.1 Å². The second kappa shape index (κ2) is 5.79. The molecule has 0 aliphatic carbocycles. The molecule has 0 saturated heterocycles. The molecule has 2 aromatic rings. The first-order valence-corrected chi connectivity index (χ1v) is 6.61. The quantitative estimate of drug-likeness (QED) is 0.845. The van der Waals surface area contributed by atoms with Crippen LogP contribution in [0, 0.1) is 5.41 Å². The number of hydrogen-bond donors (Lipinski definition) is 2. The number of carbonyl (C=O) groups is 2. The Kier molecular flexibility index (Phi) is 4.08. The van der Waals surface area contributed by atoms with E-state index in [0.29, 0.717) is 5.69 Å². The zero-order chi connectivity index (χ0) is 15.5. The van der Waals surface area contributed by atoms with Gasteiger partial charge in [-0.25, -0.2) is 0 Å². The van der Waals surface area contributed by atoms with Crippen LogP contribution in [0.5, 0.6) is 0 Å². The van der Waals surface area contributed by atoms with E-state index in [4.69, 9.17) is 5.11 Å². The lowest BCUT2D eigenvalue weighted by Gasteiger charge is -2.18.